The highest BCUT2D eigenvalue weighted by molar-refractivity contribution is 5.92. The van der Waals surface area contributed by atoms with Gasteiger partial charge in [-0.15, -0.1) is 0 Å². The maximum absolute atomic E-state index is 12.9. The van der Waals surface area contributed by atoms with E-state index in [2.05, 4.69) is 15.3 Å². The van der Waals surface area contributed by atoms with Gasteiger partial charge in [0.2, 0.25) is 5.91 Å². The third-order valence-electron chi connectivity index (χ3n) is 5.03. The molecule has 4 rings (SSSR count). The molecule has 0 bridgehead atoms. The molecule has 3 aromatic rings. The first-order valence-corrected chi connectivity index (χ1v) is 9.37. The maximum Gasteiger partial charge on any atom is 0.263 e. The van der Waals surface area contributed by atoms with Crippen molar-refractivity contribution in [1.29, 1.82) is 0 Å². The second-order valence-electron chi connectivity index (χ2n) is 7.10. The van der Waals surface area contributed by atoms with Crippen molar-refractivity contribution < 1.29 is 9.53 Å². The number of nitrogens with one attached hydrogen (secondary N) is 1. The Hall–Kier alpha value is -3.22. The second-order valence-corrected chi connectivity index (χ2v) is 7.10. The number of aryl methyl sites for hydroxylation is 3. The van der Waals surface area contributed by atoms with Crippen LogP contribution in [0.5, 0.6) is 5.75 Å². The normalized spacial score (nSPS) is 13.2. The summed E-state index contributed by atoms with van der Waals surface area (Å²) in [5.41, 5.74) is 3.92. The summed E-state index contributed by atoms with van der Waals surface area (Å²) in [4.78, 5) is 34.2. The lowest BCUT2D eigenvalue weighted by Crippen LogP contribution is -2.28. The average Bonchev–Trinajstić information content (AvgIpc) is 2.69. The fourth-order valence-corrected chi connectivity index (χ4v) is 3.59. The average molecular weight is 378 g/mol. The number of rotatable bonds is 4. The Kier molecular flexibility index (Phi) is 4.81. The molecule has 0 radical (unpaired) electrons. The molecule has 0 saturated heterocycles. The summed E-state index contributed by atoms with van der Waals surface area (Å²) in [6, 6.07) is 7.42. The molecule has 2 aromatic heterocycles. The number of pyridine rings is 1. The first kappa shape index (κ1) is 18.2. The first-order chi connectivity index (χ1) is 13.5. The molecule has 2 heterocycles. The van der Waals surface area contributed by atoms with Crippen molar-refractivity contribution in [2.45, 2.75) is 39.2 Å². The summed E-state index contributed by atoms with van der Waals surface area (Å²) in [7, 11) is 1.55. The number of ether oxygens (including phenoxy) is 1. The lowest BCUT2D eigenvalue weighted by atomic mass is 9.95. The van der Waals surface area contributed by atoms with Crippen LogP contribution < -0.4 is 15.6 Å². The third kappa shape index (κ3) is 3.47. The lowest BCUT2D eigenvalue weighted by Gasteiger charge is -2.15. The quantitative estimate of drug-likeness (QED) is 0.754. The van der Waals surface area contributed by atoms with Crippen LogP contribution in [0.2, 0.25) is 0 Å². The largest absolute Gasteiger partial charge is 0.495 e. The molecule has 28 heavy (non-hydrogen) atoms. The zero-order valence-electron chi connectivity index (χ0n) is 16.0. The molecular weight excluding hydrogens is 356 g/mol. The van der Waals surface area contributed by atoms with Gasteiger partial charge in [-0.3, -0.25) is 14.2 Å². The zero-order valence-corrected chi connectivity index (χ0v) is 16.0. The van der Waals surface area contributed by atoms with E-state index in [1.807, 2.05) is 25.1 Å². The predicted molar refractivity (Wildman–Crippen MR) is 107 cm³/mol. The highest BCUT2D eigenvalue weighted by atomic mass is 16.5. The summed E-state index contributed by atoms with van der Waals surface area (Å²) in [6.07, 6.45) is 5.47. The summed E-state index contributed by atoms with van der Waals surface area (Å²) < 4.78 is 6.60. The summed E-state index contributed by atoms with van der Waals surface area (Å²) >= 11 is 0. The summed E-state index contributed by atoms with van der Waals surface area (Å²) in [6.45, 7) is 1.80. The number of amides is 1. The van der Waals surface area contributed by atoms with Crippen LogP contribution in [-0.2, 0) is 24.2 Å². The molecule has 1 aromatic carbocycles. The Labute approximate surface area is 162 Å². The van der Waals surface area contributed by atoms with Crippen molar-refractivity contribution >= 4 is 22.6 Å². The molecule has 1 aliphatic rings. The number of benzene rings is 1. The number of hydrogen-bond acceptors (Lipinski definition) is 5. The van der Waals surface area contributed by atoms with E-state index in [1.165, 1.54) is 10.9 Å². The second kappa shape index (κ2) is 7.42. The number of anilines is 1. The van der Waals surface area contributed by atoms with Gasteiger partial charge in [-0.1, -0.05) is 6.07 Å². The molecule has 7 heteroatoms. The van der Waals surface area contributed by atoms with Crippen molar-refractivity contribution in [1.82, 2.24) is 14.5 Å². The Morgan fingerprint density at radius 1 is 1.25 bits per heavy atom. The summed E-state index contributed by atoms with van der Waals surface area (Å²) in [5.74, 6) is 0.247. The molecular formula is C21H22N4O3. The maximum atomic E-state index is 12.9. The SMILES string of the molecule is COc1ccc(C)cc1NC(=O)Cn1cnc2nc3c(cc2c1=O)CCCC3. The molecule has 0 aliphatic heterocycles. The summed E-state index contributed by atoms with van der Waals surface area (Å²) in [5, 5.41) is 3.27. The molecule has 0 saturated carbocycles. The van der Waals surface area contributed by atoms with E-state index in [-0.39, 0.29) is 18.0 Å². The standard InChI is InChI=1S/C21H22N4O3/c1-13-7-8-18(28-2)17(9-13)23-19(26)11-25-12-22-20-15(21(25)27)10-14-5-3-4-6-16(14)24-20/h7-10,12H,3-6,11H2,1-2H3,(H,23,26). The Morgan fingerprint density at radius 3 is 2.89 bits per heavy atom. The van der Waals surface area contributed by atoms with Crippen LogP contribution in [-0.4, -0.2) is 27.6 Å². The minimum atomic E-state index is -0.321. The fraction of sp³-hybridized carbons (Fsp3) is 0.333. The van der Waals surface area contributed by atoms with Crippen LogP contribution in [0.4, 0.5) is 5.69 Å². The molecule has 0 atom stereocenters. The molecule has 0 fully saturated rings. The minimum Gasteiger partial charge on any atom is -0.495 e. The van der Waals surface area contributed by atoms with Gasteiger partial charge in [0.1, 0.15) is 18.6 Å². The highest BCUT2D eigenvalue weighted by Crippen LogP contribution is 2.25. The Morgan fingerprint density at radius 2 is 2.07 bits per heavy atom. The molecule has 0 unspecified atom stereocenters. The van der Waals surface area contributed by atoms with Gasteiger partial charge >= 0.3 is 0 Å². The third-order valence-corrected chi connectivity index (χ3v) is 5.03. The molecule has 1 amide bonds. The molecule has 1 N–H and O–H groups in total. The topological polar surface area (TPSA) is 86.1 Å². The van der Waals surface area contributed by atoms with Gasteiger partial charge in [0.25, 0.3) is 5.56 Å². The number of carbonyl (C=O) groups is 1. The number of aromatic nitrogens is 3. The fourth-order valence-electron chi connectivity index (χ4n) is 3.59. The van der Waals surface area contributed by atoms with Crippen LogP contribution >= 0.6 is 0 Å². The van der Waals surface area contributed by atoms with Crippen LogP contribution in [0.3, 0.4) is 0 Å². The molecule has 144 valence electrons. The van der Waals surface area contributed by atoms with Crippen molar-refractivity contribution in [3.63, 3.8) is 0 Å². The highest BCUT2D eigenvalue weighted by Gasteiger charge is 2.16. The van der Waals surface area contributed by atoms with E-state index in [4.69, 9.17) is 4.74 Å². The van der Waals surface area contributed by atoms with Gasteiger partial charge in [0, 0.05) is 5.69 Å². The zero-order chi connectivity index (χ0) is 19.7. The number of methoxy groups -OCH3 is 1. The first-order valence-electron chi connectivity index (χ1n) is 9.37. The van der Waals surface area contributed by atoms with Crippen LogP contribution in [0.25, 0.3) is 11.0 Å². The van der Waals surface area contributed by atoms with Gasteiger partial charge in [-0.2, -0.15) is 0 Å². The van der Waals surface area contributed by atoms with Gasteiger partial charge in [-0.05, 0) is 61.9 Å². The molecule has 0 spiro atoms. The van der Waals surface area contributed by atoms with Gasteiger partial charge in [0.05, 0.1) is 18.2 Å². The smallest absolute Gasteiger partial charge is 0.263 e. The number of fused-ring (bicyclic) bond motifs is 2. The minimum absolute atomic E-state index is 0.129. The number of carbonyl (C=O) groups excluding carboxylic acids is 1. The number of hydrogen-bond donors (Lipinski definition) is 1. The monoisotopic (exact) mass is 378 g/mol. The van der Waals surface area contributed by atoms with E-state index in [0.717, 1.165) is 42.5 Å². The van der Waals surface area contributed by atoms with E-state index in [1.54, 1.807) is 13.2 Å². The van der Waals surface area contributed by atoms with E-state index in [0.29, 0.717) is 22.5 Å². The van der Waals surface area contributed by atoms with Crippen molar-refractivity contribution in [3.05, 3.63) is 57.8 Å². The molecule has 1 aliphatic carbocycles. The Bertz CT molecular complexity index is 1120. The molecule has 7 nitrogen and oxygen atoms in total. The van der Waals surface area contributed by atoms with Gasteiger partial charge < -0.3 is 10.1 Å². The van der Waals surface area contributed by atoms with Crippen molar-refractivity contribution in [3.8, 4) is 5.75 Å². The number of nitrogens with zero attached hydrogens (tertiary/aromatic N) is 3. The van der Waals surface area contributed by atoms with Crippen molar-refractivity contribution in [2.24, 2.45) is 0 Å². The van der Waals surface area contributed by atoms with E-state index in [9.17, 15) is 9.59 Å². The van der Waals surface area contributed by atoms with Crippen molar-refractivity contribution in [2.75, 3.05) is 12.4 Å². The van der Waals surface area contributed by atoms with E-state index < -0.39 is 0 Å². The van der Waals surface area contributed by atoms with Crippen LogP contribution in [0, 0.1) is 6.92 Å². The van der Waals surface area contributed by atoms with Crippen LogP contribution in [0.1, 0.15) is 29.7 Å². The predicted octanol–water partition coefficient (Wildman–Crippen LogP) is 2.63. The van der Waals surface area contributed by atoms with E-state index >= 15 is 0 Å². The van der Waals surface area contributed by atoms with Crippen LogP contribution in [0.15, 0.2) is 35.4 Å². The lowest BCUT2D eigenvalue weighted by molar-refractivity contribution is -0.116. The van der Waals surface area contributed by atoms with Gasteiger partial charge in [0.15, 0.2) is 5.65 Å². The Balaban J connectivity index is 1.61. The van der Waals surface area contributed by atoms with Gasteiger partial charge in [-0.25, -0.2) is 9.97 Å².